The van der Waals surface area contributed by atoms with E-state index in [0.717, 1.165) is 36.1 Å². The number of rotatable bonds is 7. The Kier molecular flexibility index (Phi) is 7.78. The van der Waals surface area contributed by atoms with Crippen molar-refractivity contribution in [1.29, 1.82) is 0 Å². The maximum Gasteiger partial charge on any atom is 0.407 e. The molecule has 1 N–H and O–H groups in total. The number of imidazole rings is 1. The van der Waals surface area contributed by atoms with E-state index >= 15 is 0 Å². The molecule has 0 unspecified atom stereocenters. The topological polar surface area (TPSA) is 121 Å². The van der Waals surface area contributed by atoms with E-state index in [1.807, 2.05) is 23.7 Å². The van der Waals surface area contributed by atoms with Gasteiger partial charge in [-0.2, -0.15) is 0 Å². The molecule has 2 aliphatic rings. The molecular formula is C33H39FN6O5. The largest absolute Gasteiger partial charge is 0.494 e. The lowest BCUT2D eigenvalue weighted by atomic mass is 10.0. The summed E-state index contributed by atoms with van der Waals surface area (Å²) in [7, 11) is 3.43. The molecule has 238 valence electrons. The number of benzene rings is 1. The Morgan fingerprint density at radius 3 is 2.51 bits per heavy atom. The van der Waals surface area contributed by atoms with Crippen LogP contribution in [0.25, 0.3) is 33.6 Å². The summed E-state index contributed by atoms with van der Waals surface area (Å²) in [5, 5.41) is 3.61. The number of amides is 2. The summed E-state index contributed by atoms with van der Waals surface area (Å²) in [6.45, 7) is 7.58. The maximum atomic E-state index is 14.8. The van der Waals surface area contributed by atoms with Crippen LogP contribution in [0, 0.1) is 5.92 Å². The molecule has 0 bridgehead atoms. The molecule has 1 saturated heterocycles. The molecule has 1 aromatic carbocycles. The van der Waals surface area contributed by atoms with Crippen molar-refractivity contribution in [2.45, 2.75) is 71.3 Å². The minimum atomic E-state index is -1.31. The molecule has 4 aromatic rings. The standard InChI is InChI=1S/C33H39FN6O5/c1-18(41)24-10-9-20-12-26(40(29(20)36-24)15-19-7-8-19)30-37-25-11-21(13-27(44-6)28(25)38(30)5)31(42)39-16-22(34)14-23(17-39)35-32(43)45-33(2,3)4/h9-13,19,22-23H,7-8,14-17H2,1-6H3,(H,35,43)/t22-,23-/m1/s1. The van der Waals surface area contributed by atoms with Crippen LogP contribution in [0.5, 0.6) is 5.75 Å². The molecule has 2 amide bonds. The molecular weight excluding hydrogens is 579 g/mol. The molecule has 1 aliphatic heterocycles. The molecule has 1 saturated carbocycles. The highest BCUT2D eigenvalue weighted by molar-refractivity contribution is 6.00. The third-order valence-corrected chi connectivity index (χ3v) is 8.28. The van der Waals surface area contributed by atoms with Crippen LogP contribution in [-0.2, 0) is 18.3 Å². The Morgan fingerprint density at radius 2 is 1.84 bits per heavy atom. The summed E-state index contributed by atoms with van der Waals surface area (Å²) in [6.07, 6.45) is 0.410. The Morgan fingerprint density at radius 1 is 1.09 bits per heavy atom. The lowest BCUT2D eigenvalue weighted by Crippen LogP contribution is -2.54. The van der Waals surface area contributed by atoms with Gasteiger partial charge in [0.1, 0.15) is 34.4 Å². The normalized spacial score (nSPS) is 18.8. The smallest absolute Gasteiger partial charge is 0.407 e. The number of ketones is 1. The first-order chi connectivity index (χ1) is 21.3. The van der Waals surface area contributed by atoms with Crippen molar-refractivity contribution in [2.24, 2.45) is 13.0 Å². The van der Waals surface area contributed by atoms with Crippen molar-refractivity contribution in [3.05, 3.63) is 41.6 Å². The fourth-order valence-corrected chi connectivity index (χ4v) is 6.04. The summed E-state index contributed by atoms with van der Waals surface area (Å²) >= 11 is 0. The van der Waals surface area contributed by atoms with Gasteiger partial charge < -0.3 is 28.8 Å². The quantitative estimate of drug-likeness (QED) is 0.280. The van der Waals surface area contributed by atoms with Crippen molar-refractivity contribution in [3.8, 4) is 17.3 Å². The van der Waals surface area contributed by atoms with E-state index < -0.39 is 23.9 Å². The summed E-state index contributed by atoms with van der Waals surface area (Å²) in [4.78, 5) is 49.3. The van der Waals surface area contributed by atoms with Gasteiger partial charge in [-0.15, -0.1) is 0 Å². The number of fused-ring (bicyclic) bond motifs is 2. The molecule has 0 radical (unpaired) electrons. The van der Waals surface area contributed by atoms with Crippen LogP contribution < -0.4 is 10.1 Å². The van der Waals surface area contributed by atoms with E-state index in [1.54, 1.807) is 39.0 Å². The zero-order valence-corrected chi connectivity index (χ0v) is 26.5. The molecule has 4 heterocycles. The van der Waals surface area contributed by atoms with Gasteiger partial charge in [0.2, 0.25) is 0 Å². The van der Waals surface area contributed by atoms with Crippen LogP contribution in [0.1, 0.15) is 67.8 Å². The Labute approximate surface area is 260 Å². The van der Waals surface area contributed by atoms with Gasteiger partial charge >= 0.3 is 6.09 Å². The number of carbonyl (C=O) groups excluding carboxylic acids is 3. The number of methoxy groups -OCH3 is 1. The van der Waals surface area contributed by atoms with Crippen molar-refractivity contribution in [1.82, 2.24) is 29.3 Å². The predicted octanol–water partition coefficient (Wildman–Crippen LogP) is 5.29. The number of likely N-dealkylation sites (tertiary alicyclic amines) is 1. The van der Waals surface area contributed by atoms with Crippen LogP contribution in [0.2, 0.25) is 0 Å². The van der Waals surface area contributed by atoms with Crippen LogP contribution in [0.15, 0.2) is 30.3 Å². The summed E-state index contributed by atoms with van der Waals surface area (Å²) in [5.74, 6) is 1.18. The van der Waals surface area contributed by atoms with Gasteiger partial charge in [0, 0.05) is 44.4 Å². The second kappa shape index (κ2) is 11.5. The number of nitrogens with zero attached hydrogens (tertiary/aromatic N) is 5. The van der Waals surface area contributed by atoms with Gasteiger partial charge in [-0.25, -0.2) is 19.2 Å². The van der Waals surface area contributed by atoms with Crippen molar-refractivity contribution < 1.29 is 28.2 Å². The van der Waals surface area contributed by atoms with Crippen LogP contribution in [-0.4, -0.2) is 79.8 Å². The lowest BCUT2D eigenvalue weighted by molar-refractivity contribution is 0.0394. The van der Waals surface area contributed by atoms with Crippen molar-refractivity contribution in [3.63, 3.8) is 0 Å². The molecule has 2 fully saturated rings. The van der Waals surface area contributed by atoms with E-state index in [4.69, 9.17) is 19.4 Å². The summed E-state index contributed by atoms with van der Waals surface area (Å²) < 4.78 is 30.0. The third-order valence-electron chi connectivity index (χ3n) is 8.28. The van der Waals surface area contributed by atoms with Crippen LogP contribution in [0.4, 0.5) is 9.18 Å². The van der Waals surface area contributed by atoms with Crippen LogP contribution >= 0.6 is 0 Å². The number of pyridine rings is 1. The van der Waals surface area contributed by atoms with Gasteiger partial charge in [-0.1, -0.05) is 0 Å². The predicted molar refractivity (Wildman–Crippen MR) is 167 cm³/mol. The Bertz CT molecular complexity index is 1820. The molecule has 1 aliphatic carbocycles. The molecule has 0 spiro atoms. The highest BCUT2D eigenvalue weighted by Crippen LogP contribution is 2.37. The highest BCUT2D eigenvalue weighted by atomic mass is 19.1. The fourth-order valence-electron chi connectivity index (χ4n) is 6.04. The number of alkyl halides is 1. The van der Waals surface area contributed by atoms with Gasteiger partial charge in [0.15, 0.2) is 11.6 Å². The molecule has 45 heavy (non-hydrogen) atoms. The second-order valence-corrected chi connectivity index (χ2v) is 13.2. The SMILES string of the molecule is COc1cc(C(=O)N2C[C@H](F)C[C@@H](NC(=O)OC(C)(C)C)C2)cc2nc(-c3cc4ccc(C(C)=O)nc4n3CC3CC3)n(C)c12. The summed E-state index contributed by atoms with van der Waals surface area (Å²) in [5.41, 5.74) is 2.86. The number of alkyl carbamates (subject to hydrolysis) is 1. The highest BCUT2D eigenvalue weighted by Gasteiger charge is 2.33. The van der Waals surface area contributed by atoms with Gasteiger partial charge in [0.05, 0.1) is 30.9 Å². The van der Waals surface area contributed by atoms with Crippen LogP contribution in [0.3, 0.4) is 0 Å². The summed E-state index contributed by atoms with van der Waals surface area (Å²) in [6, 6.07) is 8.43. The number of carbonyl (C=O) groups is 3. The van der Waals surface area contributed by atoms with E-state index in [1.165, 1.54) is 18.9 Å². The molecule has 6 rings (SSSR count). The number of halogens is 1. The van der Waals surface area contributed by atoms with E-state index in [-0.39, 0.29) is 31.2 Å². The Balaban J connectivity index is 1.35. The monoisotopic (exact) mass is 618 g/mol. The zero-order chi connectivity index (χ0) is 32.2. The number of hydrogen-bond donors (Lipinski definition) is 1. The Hall–Kier alpha value is -4.48. The number of ether oxygens (including phenoxy) is 2. The average Bonchev–Trinajstić information content (AvgIpc) is 3.63. The number of aromatic nitrogens is 4. The molecule has 2 atom stereocenters. The average molecular weight is 619 g/mol. The van der Waals surface area contributed by atoms with Gasteiger partial charge in [-0.3, -0.25) is 9.59 Å². The first kappa shape index (κ1) is 30.5. The van der Waals surface area contributed by atoms with E-state index in [2.05, 4.69) is 9.88 Å². The van der Waals surface area contributed by atoms with Gasteiger partial charge in [0.25, 0.3) is 5.91 Å². The minimum Gasteiger partial charge on any atom is -0.494 e. The lowest BCUT2D eigenvalue weighted by Gasteiger charge is -2.35. The minimum absolute atomic E-state index is 0.0876. The fraction of sp³-hybridized carbons (Fsp3) is 0.485. The number of aryl methyl sites for hydroxylation is 1. The second-order valence-electron chi connectivity index (χ2n) is 13.2. The van der Waals surface area contributed by atoms with Crippen molar-refractivity contribution >= 4 is 39.9 Å². The third kappa shape index (κ3) is 6.23. The zero-order valence-electron chi connectivity index (χ0n) is 26.5. The maximum absolute atomic E-state index is 14.8. The number of piperidine rings is 1. The van der Waals surface area contributed by atoms with E-state index in [0.29, 0.717) is 39.8 Å². The molecule has 3 aromatic heterocycles. The first-order valence-corrected chi connectivity index (χ1v) is 15.3. The van der Waals surface area contributed by atoms with Gasteiger partial charge in [-0.05, 0) is 69.9 Å². The first-order valence-electron chi connectivity index (χ1n) is 15.3. The number of Topliss-reactive ketones (excluding diaryl/α,β-unsaturated/α-hetero) is 1. The van der Waals surface area contributed by atoms with E-state index in [9.17, 15) is 18.8 Å². The number of hydrogen-bond acceptors (Lipinski definition) is 7. The molecule has 11 nitrogen and oxygen atoms in total. The van der Waals surface area contributed by atoms with Crippen molar-refractivity contribution in [2.75, 3.05) is 20.2 Å². The molecule has 12 heteroatoms. The number of nitrogens with one attached hydrogen (secondary N) is 1.